The minimum Gasteiger partial charge on any atom is -0.497 e. The first-order chi connectivity index (χ1) is 12.2. The molecule has 0 spiro atoms. The van der Waals surface area contributed by atoms with E-state index < -0.39 is 0 Å². The minimum absolute atomic E-state index is 0.0142. The van der Waals surface area contributed by atoms with Crippen LogP contribution in [0.3, 0.4) is 0 Å². The van der Waals surface area contributed by atoms with Gasteiger partial charge in [0.25, 0.3) is 0 Å². The van der Waals surface area contributed by atoms with Crippen molar-refractivity contribution in [3.8, 4) is 17.2 Å². The zero-order chi connectivity index (χ0) is 17.2. The predicted octanol–water partition coefficient (Wildman–Crippen LogP) is 4.60. The van der Waals surface area contributed by atoms with E-state index in [0.717, 1.165) is 26.6 Å². The summed E-state index contributed by atoms with van der Waals surface area (Å²) in [5.41, 5.74) is 1.82. The molecule has 0 radical (unpaired) electrons. The zero-order valence-corrected chi connectivity index (χ0v) is 15.2. The third kappa shape index (κ3) is 3.22. The first-order valence-corrected chi connectivity index (χ1v) is 9.33. The summed E-state index contributed by atoms with van der Waals surface area (Å²) < 4.78 is 12.1. The number of hydrogen-bond donors (Lipinski definition) is 0. The lowest BCUT2D eigenvalue weighted by Gasteiger charge is -2.06. The highest BCUT2D eigenvalue weighted by molar-refractivity contribution is 7.99. The van der Waals surface area contributed by atoms with Crippen molar-refractivity contribution in [2.75, 3.05) is 7.11 Å². The second-order valence-electron chi connectivity index (χ2n) is 5.25. The zero-order valence-electron chi connectivity index (χ0n) is 13.5. The maximum Gasteiger partial charge on any atom is 0.247 e. The van der Waals surface area contributed by atoms with Crippen LogP contribution in [0.25, 0.3) is 21.7 Å². The fourth-order valence-corrected chi connectivity index (χ4v) is 4.18. The van der Waals surface area contributed by atoms with Gasteiger partial charge in [-0.2, -0.15) is 0 Å². The van der Waals surface area contributed by atoms with Crippen molar-refractivity contribution in [3.63, 3.8) is 0 Å². The van der Waals surface area contributed by atoms with Crippen LogP contribution >= 0.6 is 23.1 Å². The Hall–Kier alpha value is -2.45. The predicted molar refractivity (Wildman–Crippen MR) is 98.0 cm³/mol. The number of nitrogens with zero attached hydrogens (tertiary/aromatic N) is 4. The summed E-state index contributed by atoms with van der Waals surface area (Å²) in [4.78, 5) is 8.65. The molecular weight excluding hydrogens is 356 g/mol. The van der Waals surface area contributed by atoms with E-state index in [2.05, 4.69) is 20.2 Å². The summed E-state index contributed by atoms with van der Waals surface area (Å²) in [6, 6.07) is 9.52. The highest BCUT2D eigenvalue weighted by atomic mass is 32.2. The van der Waals surface area contributed by atoms with Gasteiger partial charge in [-0.25, -0.2) is 9.97 Å². The average molecular weight is 370 g/mol. The number of methoxy groups -OCH3 is 1. The number of thiophene rings is 1. The molecule has 0 saturated heterocycles. The number of thioether (sulfide) groups is 1. The van der Waals surface area contributed by atoms with Crippen molar-refractivity contribution >= 4 is 33.3 Å². The van der Waals surface area contributed by atoms with Crippen LogP contribution in [-0.4, -0.2) is 27.3 Å². The maximum absolute atomic E-state index is 5.85. The molecule has 3 aromatic heterocycles. The Morgan fingerprint density at radius 1 is 1.12 bits per heavy atom. The maximum atomic E-state index is 5.85. The lowest BCUT2D eigenvalue weighted by molar-refractivity contribution is 0.415. The lowest BCUT2D eigenvalue weighted by atomic mass is 10.2. The number of rotatable bonds is 5. The summed E-state index contributed by atoms with van der Waals surface area (Å²) in [7, 11) is 1.64. The van der Waals surface area contributed by atoms with Crippen molar-refractivity contribution in [2.45, 2.75) is 17.2 Å². The van der Waals surface area contributed by atoms with Crippen molar-refractivity contribution < 1.29 is 9.15 Å². The molecule has 1 aromatic carbocycles. The number of aromatic nitrogens is 4. The molecule has 25 heavy (non-hydrogen) atoms. The summed E-state index contributed by atoms with van der Waals surface area (Å²) >= 11 is 3.22. The molecule has 0 saturated carbocycles. The van der Waals surface area contributed by atoms with Crippen LogP contribution in [0.5, 0.6) is 5.75 Å². The molecule has 126 valence electrons. The minimum atomic E-state index is -0.0142. The Kier molecular flexibility index (Phi) is 4.37. The van der Waals surface area contributed by atoms with Crippen LogP contribution in [0.2, 0.25) is 0 Å². The molecule has 0 N–H and O–H groups in total. The summed E-state index contributed by atoms with van der Waals surface area (Å²) in [6.45, 7) is 2.03. The molecule has 1 unspecified atom stereocenters. The van der Waals surface area contributed by atoms with E-state index in [4.69, 9.17) is 9.15 Å². The van der Waals surface area contributed by atoms with Gasteiger partial charge in [-0.1, -0.05) is 11.8 Å². The number of ether oxygens (including phenoxy) is 1. The summed E-state index contributed by atoms with van der Waals surface area (Å²) in [5.74, 6) is 1.85. The SMILES string of the molecule is COc1ccc(-c2nnc(C(C)Sc3ncnc4ccsc34)o2)cc1. The van der Waals surface area contributed by atoms with Gasteiger partial charge in [-0.3, -0.25) is 0 Å². The Bertz CT molecular complexity index is 997. The fourth-order valence-electron chi connectivity index (χ4n) is 2.32. The first kappa shape index (κ1) is 16.0. The van der Waals surface area contributed by atoms with Gasteiger partial charge in [0.1, 0.15) is 17.1 Å². The average Bonchev–Trinajstić information content (AvgIpc) is 3.32. The third-order valence-electron chi connectivity index (χ3n) is 3.62. The molecule has 4 aromatic rings. The molecule has 4 rings (SSSR count). The van der Waals surface area contributed by atoms with Crippen molar-refractivity contribution in [2.24, 2.45) is 0 Å². The molecule has 0 fully saturated rings. The molecule has 0 aliphatic heterocycles. The smallest absolute Gasteiger partial charge is 0.247 e. The van der Waals surface area contributed by atoms with Crippen LogP contribution in [0.15, 0.2) is 51.5 Å². The Morgan fingerprint density at radius 2 is 1.96 bits per heavy atom. The molecule has 0 bridgehead atoms. The molecular formula is C17H14N4O2S2. The number of hydrogen-bond acceptors (Lipinski definition) is 8. The monoisotopic (exact) mass is 370 g/mol. The van der Waals surface area contributed by atoms with Crippen LogP contribution in [-0.2, 0) is 0 Å². The van der Waals surface area contributed by atoms with E-state index in [9.17, 15) is 0 Å². The van der Waals surface area contributed by atoms with Gasteiger partial charge in [0.05, 0.1) is 22.6 Å². The molecule has 1 atom stereocenters. The molecule has 0 aliphatic rings. The van der Waals surface area contributed by atoms with E-state index in [1.54, 1.807) is 36.5 Å². The fraction of sp³-hybridized carbons (Fsp3) is 0.176. The quantitative estimate of drug-likeness (QED) is 0.375. The second-order valence-corrected chi connectivity index (χ2v) is 7.49. The normalized spacial score (nSPS) is 12.4. The molecule has 0 aliphatic carbocycles. The molecule has 3 heterocycles. The van der Waals surface area contributed by atoms with Gasteiger partial charge < -0.3 is 9.15 Å². The Morgan fingerprint density at radius 3 is 2.76 bits per heavy atom. The second kappa shape index (κ2) is 6.81. The molecule has 8 heteroatoms. The van der Waals surface area contributed by atoms with Crippen molar-refractivity contribution in [3.05, 3.63) is 47.9 Å². The van der Waals surface area contributed by atoms with Gasteiger partial charge in [0, 0.05) is 5.56 Å². The first-order valence-electron chi connectivity index (χ1n) is 7.57. The van der Waals surface area contributed by atoms with Gasteiger partial charge >= 0.3 is 0 Å². The van der Waals surface area contributed by atoms with Gasteiger partial charge in [0.15, 0.2) is 0 Å². The van der Waals surface area contributed by atoms with Crippen molar-refractivity contribution in [1.82, 2.24) is 20.2 Å². The standard InChI is InChI=1S/C17H14N4O2S2/c1-10(25-17-14-13(7-8-24-14)18-9-19-17)15-20-21-16(23-15)11-3-5-12(22-2)6-4-11/h3-10H,1-2H3. The van der Waals surface area contributed by atoms with Gasteiger partial charge in [-0.05, 0) is 42.6 Å². The van der Waals surface area contributed by atoms with E-state index in [0.29, 0.717) is 11.8 Å². The van der Waals surface area contributed by atoms with E-state index in [-0.39, 0.29) is 5.25 Å². The van der Waals surface area contributed by atoms with Crippen LogP contribution < -0.4 is 4.74 Å². The van der Waals surface area contributed by atoms with Crippen LogP contribution in [0.1, 0.15) is 18.1 Å². The molecule has 6 nitrogen and oxygen atoms in total. The number of fused-ring (bicyclic) bond motifs is 1. The van der Waals surface area contributed by atoms with Crippen LogP contribution in [0, 0.1) is 0 Å². The topological polar surface area (TPSA) is 73.9 Å². The summed E-state index contributed by atoms with van der Waals surface area (Å²) in [5, 5.41) is 11.3. The lowest BCUT2D eigenvalue weighted by Crippen LogP contribution is -1.91. The summed E-state index contributed by atoms with van der Waals surface area (Å²) in [6.07, 6.45) is 1.58. The van der Waals surface area contributed by atoms with E-state index >= 15 is 0 Å². The third-order valence-corrected chi connectivity index (χ3v) is 5.75. The van der Waals surface area contributed by atoms with Gasteiger partial charge in [0.2, 0.25) is 11.8 Å². The highest BCUT2D eigenvalue weighted by Gasteiger charge is 2.18. The Labute approximate surface area is 152 Å². The van der Waals surface area contributed by atoms with Gasteiger partial charge in [-0.15, -0.1) is 21.5 Å². The number of benzene rings is 1. The molecule has 0 amide bonds. The van der Waals surface area contributed by atoms with Crippen molar-refractivity contribution in [1.29, 1.82) is 0 Å². The van der Waals surface area contributed by atoms with E-state index in [1.165, 1.54) is 0 Å². The highest BCUT2D eigenvalue weighted by Crippen LogP contribution is 2.38. The van der Waals surface area contributed by atoms with E-state index in [1.807, 2.05) is 42.6 Å². The largest absolute Gasteiger partial charge is 0.497 e. The van der Waals surface area contributed by atoms with Crippen LogP contribution in [0.4, 0.5) is 0 Å². The Balaban J connectivity index is 1.55.